The molecule has 0 saturated carbocycles. The zero-order valence-corrected chi connectivity index (χ0v) is 20.5. The van der Waals surface area contributed by atoms with E-state index in [0.29, 0.717) is 12.0 Å². The molecule has 0 radical (unpaired) electrons. The van der Waals surface area contributed by atoms with Crippen molar-refractivity contribution in [2.24, 2.45) is 10.9 Å². The lowest BCUT2D eigenvalue weighted by Gasteiger charge is -2.25. The maximum absolute atomic E-state index is 4.74. The minimum atomic E-state index is 0. The smallest absolute Gasteiger partial charge is 0.191 e. The van der Waals surface area contributed by atoms with Gasteiger partial charge in [-0.3, -0.25) is 14.6 Å². The average Bonchev–Trinajstić information content (AvgIpc) is 3.19. The Morgan fingerprint density at radius 2 is 1.93 bits per heavy atom. The number of hydrogen-bond acceptors (Lipinski definition) is 3. The predicted molar refractivity (Wildman–Crippen MR) is 133 cm³/mol. The molecule has 0 spiro atoms. The summed E-state index contributed by atoms with van der Waals surface area (Å²) in [6.07, 6.45) is 4.88. The number of halogens is 1. The molecular weight excluding hydrogens is 475 g/mol. The maximum atomic E-state index is 4.74. The summed E-state index contributed by atoms with van der Waals surface area (Å²) in [6.45, 7) is 11.0. The van der Waals surface area contributed by atoms with E-state index in [0.717, 1.165) is 45.1 Å². The summed E-state index contributed by atoms with van der Waals surface area (Å²) in [5.41, 5.74) is 1.35. The molecule has 2 rings (SSSR count). The van der Waals surface area contributed by atoms with E-state index < -0.39 is 0 Å². The molecule has 2 aromatic rings. The van der Waals surface area contributed by atoms with Crippen molar-refractivity contribution in [1.82, 2.24) is 25.3 Å². The molecule has 0 saturated heterocycles. The molecule has 0 aliphatic carbocycles. The molecule has 7 heteroatoms. The van der Waals surface area contributed by atoms with E-state index in [-0.39, 0.29) is 24.0 Å². The summed E-state index contributed by atoms with van der Waals surface area (Å²) in [6, 6.07) is 13.1. The molecule has 162 valence electrons. The fourth-order valence-electron chi connectivity index (χ4n) is 3.02. The zero-order chi connectivity index (χ0) is 20.2. The van der Waals surface area contributed by atoms with Crippen molar-refractivity contribution in [3.05, 3.63) is 54.4 Å². The topological polar surface area (TPSA) is 57.5 Å². The third-order valence-corrected chi connectivity index (χ3v) is 4.85. The standard InChI is InChI=1S/C22H36N6.HI/c1-5-23-22(25-16-19(2)17-28-15-9-13-26-28)24-14-12-20(3)27(4)18-21-10-7-6-8-11-21;/h6-11,13,15,19-20H,5,12,14,16-18H2,1-4H3,(H2,23,24,25);1H. The third-order valence-electron chi connectivity index (χ3n) is 4.85. The first-order chi connectivity index (χ1) is 13.6. The van der Waals surface area contributed by atoms with Crippen molar-refractivity contribution < 1.29 is 0 Å². The van der Waals surface area contributed by atoms with Crippen LogP contribution in [0.5, 0.6) is 0 Å². The first kappa shape index (κ1) is 25.4. The second-order valence-electron chi connectivity index (χ2n) is 7.52. The van der Waals surface area contributed by atoms with Gasteiger partial charge in [-0.2, -0.15) is 5.10 Å². The van der Waals surface area contributed by atoms with Crippen LogP contribution in [0.4, 0.5) is 0 Å². The normalized spacial score (nSPS) is 13.6. The van der Waals surface area contributed by atoms with Gasteiger partial charge in [0, 0.05) is 51.2 Å². The number of aliphatic imine (C=N–C) groups is 1. The highest BCUT2D eigenvalue weighted by molar-refractivity contribution is 14.0. The lowest BCUT2D eigenvalue weighted by atomic mass is 10.1. The van der Waals surface area contributed by atoms with Crippen LogP contribution in [-0.2, 0) is 13.1 Å². The average molecular weight is 512 g/mol. The third kappa shape index (κ3) is 10.1. The number of nitrogens with one attached hydrogen (secondary N) is 2. The Morgan fingerprint density at radius 3 is 2.59 bits per heavy atom. The summed E-state index contributed by atoms with van der Waals surface area (Å²) in [4.78, 5) is 7.14. The van der Waals surface area contributed by atoms with Gasteiger partial charge in [-0.1, -0.05) is 37.3 Å². The summed E-state index contributed by atoms with van der Waals surface area (Å²) in [7, 11) is 2.19. The minimum absolute atomic E-state index is 0. The number of benzene rings is 1. The van der Waals surface area contributed by atoms with E-state index in [9.17, 15) is 0 Å². The summed E-state index contributed by atoms with van der Waals surface area (Å²) in [5, 5.41) is 11.1. The number of rotatable bonds is 11. The van der Waals surface area contributed by atoms with Gasteiger partial charge in [0.05, 0.1) is 0 Å². The van der Waals surface area contributed by atoms with Crippen molar-refractivity contribution in [3.63, 3.8) is 0 Å². The van der Waals surface area contributed by atoms with Crippen molar-refractivity contribution in [2.45, 2.75) is 46.3 Å². The van der Waals surface area contributed by atoms with Gasteiger partial charge in [0.2, 0.25) is 0 Å². The van der Waals surface area contributed by atoms with Crippen molar-refractivity contribution in [1.29, 1.82) is 0 Å². The molecule has 2 unspecified atom stereocenters. The van der Waals surface area contributed by atoms with Crippen LogP contribution >= 0.6 is 24.0 Å². The first-order valence-corrected chi connectivity index (χ1v) is 10.3. The maximum Gasteiger partial charge on any atom is 0.191 e. The van der Waals surface area contributed by atoms with E-state index in [1.807, 2.05) is 23.1 Å². The molecule has 2 N–H and O–H groups in total. The van der Waals surface area contributed by atoms with Gasteiger partial charge in [-0.05, 0) is 44.9 Å². The lowest BCUT2D eigenvalue weighted by Crippen LogP contribution is -2.40. The zero-order valence-electron chi connectivity index (χ0n) is 18.2. The van der Waals surface area contributed by atoms with Gasteiger partial charge in [0.15, 0.2) is 5.96 Å². The molecule has 0 aliphatic rings. The van der Waals surface area contributed by atoms with Crippen LogP contribution in [0, 0.1) is 5.92 Å². The highest BCUT2D eigenvalue weighted by Crippen LogP contribution is 2.08. The monoisotopic (exact) mass is 512 g/mol. The summed E-state index contributed by atoms with van der Waals surface area (Å²) in [5.74, 6) is 1.33. The molecule has 1 aromatic carbocycles. The SMILES string of the molecule is CCNC(=NCC(C)Cn1cccn1)NCCC(C)N(C)Cc1ccccc1.I. The molecular formula is C22H37IN6. The van der Waals surface area contributed by atoms with Crippen LogP contribution in [0.15, 0.2) is 53.8 Å². The molecule has 29 heavy (non-hydrogen) atoms. The number of hydrogen-bond donors (Lipinski definition) is 2. The molecule has 2 atom stereocenters. The summed E-state index contributed by atoms with van der Waals surface area (Å²) < 4.78 is 1.96. The lowest BCUT2D eigenvalue weighted by molar-refractivity contribution is 0.238. The molecule has 1 heterocycles. The highest BCUT2D eigenvalue weighted by atomic mass is 127. The Morgan fingerprint density at radius 1 is 1.17 bits per heavy atom. The van der Waals surface area contributed by atoms with E-state index in [2.05, 4.69) is 78.8 Å². The Balaban J connectivity index is 0.00000420. The van der Waals surface area contributed by atoms with Gasteiger partial charge in [0.25, 0.3) is 0 Å². The van der Waals surface area contributed by atoms with Crippen LogP contribution in [-0.4, -0.2) is 53.4 Å². The minimum Gasteiger partial charge on any atom is -0.357 e. The van der Waals surface area contributed by atoms with Crippen LogP contribution < -0.4 is 10.6 Å². The van der Waals surface area contributed by atoms with Crippen molar-refractivity contribution in [3.8, 4) is 0 Å². The quantitative estimate of drug-likeness (QED) is 0.275. The Hall–Kier alpha value is -1.61. The van der Waals surface area contributed by atoms with Gasteiger partial charge in [0.1, 0.15) is 0 Å². The van der Waals surface area contributed by atoms with Crippen LogP contribution in [0.1, 0.15) is 32.8 Å². The predicted octanol–water partition coefficient (Wildman–Crippen LogP) is 3.60. The van der Waals surface area contributed by atoms with E-state index in [1.165, 1.54) is 5.56 Å². The molecule has 0 bridgehead atoms. The highest BCUT2D eigenvalue weighted by Gasteiger charge is 2.10. The molecule has 0 fully saturated rings. The van der Waals surface area contributed by atoms with Crippen LogP contribution in [0.2, 0.25) is 0 Å². The van der Waals surface area contributed by atoms with Crippen LogP contribution in [0.3, 0.4) is 0 Å². The van der Waals surface area contributed by atoms with E-state index in [1.54, 1.807) is 0 Å². The van der Waals surface area contributed by atoms with Gasteiger partial charge < -0.3 is 10.6 Å². The first-order valence-electron chi connectivity index (χ1n) is 10.3. The Labute approximate surface area is 193 Å². The van der Waals surface area contributed by atoms with E-state index in [4.69, 9.17) is 4.99 Å². The second kappa shape index (κ2) is 14.4. The van der Waals surface area contributed by atoms with Crippen LogP contribution in [0.25, 0.3) is 0 Å². The van der Waals surface area contributed by atoms with E-state index >= 15 is 0 Å². The van der Waals surface area contributed by atoms with Gasteiger partial charge >= 0.3 is 0 Å². The molecule has 1 aromatic heterocycles. The molecule has 0 amide bonds. The number of aromatic nitrogens is 2. The summed E-state index contributed by atoms with van der Waals surface area (Å²) >= 11 is 0. The van der Waals surface area contributed by atoms with Gasteiger partial charge in [-0.15, -0.1) is 24.0 Å². The largest absolute Gasteiger partial charge is 0.357 e. The Kier molecular flexibility index (Phi) is 12.6. The molecule has 0 aliphatic heterocycles. The fourth-order valence-corrected chi connectivity index (χ4v) is 3.02. The fraction of sp³-hybridized carbons (Fsp3) is 0.545. The van der Waals surface area contributed by atoms with Crippen molar-refractivity contribution >= 4 is 29.9 Å². The number of nitrogens with zero attached hydrogens (tertiary/aromatic N) is 4. The second-order valence-corrected chi connectivity index (χ2v) is 7.52. The van der Waals surface area contributed by atoms with Crippen molar-refractivity contribution in [2.75, 3.05) is 26.7 Å². The Bertz CT molecular complexity index is 674. The molecule has 6 nitrogen and oxygen atoms in total. The van der Waals surface area contributed by atoms with Gasteiger partial charge in [-0.25, -0.2) is 0 Å². The number of guanidine groups is 1.